The van der Waals surface area contributed by atoms with Gasteiger partial charge in [0.25, 0.3) is 0 Å². The number of carbonyl (C=O) groups excluding carboxylic acids is 5. The minimum Gasteiger partial charge on any atom is -0.461 e. The number of nitrogens with zero attached hydrogens (tertiary/aromatic N) is 1. The molecule has 16 atom stereocenters. The van der Waals surface area contributed by atoms with Crippen molar-refractivity contribution in [3.63, 3.8) is 0 Å². The highest BCUT2D eigenvalue weighted by atomic mass is 16.5. The topological polar surface area (TPSA) is 143 Å². The highest BCUT2D eigenvalue weighted by molar-refractivity contribution is 5.86. The molecule has 0 aliphatic heterocycles. The first-order chi connectivity index (χ1) is 38.6. The summed E-state index contributed by atoms with van der Waals surface area (Å²) < 4.78 is 12.2. The number of rotatable bonds is 24. The van der Waals surface area contributed by atoms with Gasteiger partial charge in [0.2, 0.25) is 17.7 Å². The van der Waals surface area contributed by atoms with Crippen molar-refractivity contribution in [2.45, 2.75) is 223 Å². The Morgan fingerprint density at radius 1 is 0.556 bits per heavy atom. The highest BCUT2D eigenvalue weighted by Crippen LogP contribution is 2.69. The van der Waals surface area contributed by atoms with Gasteiger partial charge in [0.15, 0.2) is 0 Å². The lowest BCUT2D eigenvalue weighted by Gasteiger charge is -2.58. The molecule has 0 radical (unpaired) electrons. The zero-order chi connectivity index (χ0) is 57.9. The molecule has 0 unspecified atom stereocenters. The fraction of sp³-hybridized carbons (Fsp3) is 0.814. The molecule has 0 saturated heterocycles. The molecule has 9 aliphatic carbocycles. The Balaban J connectivity index is 0.720. The summed E-state index contributed by atoms with van der Waals surface area (Å²) in [4.78, 5) is 68.1. The normalized spacial score (nSPS) is 36.5. The Bertz CT molecular complexity index is 2220. The number of hydrogen-bond donors (Lipinski definition) is 3. The van der Waals surface area contributed by atoms with E-state index in [1.807, 2.05) is 24.3 Å². The van der Waals surface area contributed by atoms with Crippen molar-refractivity contribution in [2.75, 3.05) is 39.3 Å². The third-order valence-corrected chi connectivity index (χ3v) is 24.5. The van der Waals surface area contributed by atoms with Crippen molar-refractivity contribution in [2.24, 2.45) is 98.6 Å². The van der Waals surface area contributed by atoms with Crippen LogP contribution in [0.3, 0.4) is 0 Å². The van der Waals surface area contributed by atoms with Gasteiger partial charge < -0.3 is 25.4 Å². The molecule has 6 fully saturated rings. The van der Waals surface area contributed by atoms with Gasteiger partial charge in [0.1, 0.15) is 25.3 Å². The average molecular weight is 1120 g/mol. The molecule has 0 aromatic carbocycles. The summed E-state index contributed by atoms with van der Waals surface area (Å²) in [6.07, 6.45) is 38.2. The summed E-state index contributed by atoms with van der Waals surface area (Å²) >= 11 is 0. The van der Waals surface area contributed by atoms with Crippen LogP contribution in [0.1, 0.15) is 210 Å². The van der Waals surface area contributed by atoms with Crippen LogP contribution in [-0.2, 0) is 33.4 Å². The smallest absolute Gasteiger partial charge is 0.325 e. The second-order valence-electron chi connectivity index (χ2n) is 30.1. The summed E-state index contributed by atoms with van der Waals surface area (Å²) in [6.45, 7) is 24.3. The lowest BCUT2D eigenvalue weighted by molar-refractivity contribution is -0.151. The van der Waals surface area contributed by atoms with Crippen molar-refractivity contribution < 1.29 is 33.4 Å². The van der Waals surface area contributed by atoms with Crippen LogP contribution in [0.4, 0.5) is 0 Å². The molecule has 11 nitrogen and oxygen atoms in total. The van der Waals surface area contributed by atoms with Crippen molar-refractivity contribution in [1.82, 2.24) is 20.9 Å². The quantitative estimate of drug-likeness (QED) is 0.0640. The van der Waals surface area contributed by atoms with Gasteiger partial charge in [-0.3, -0.25) is 28.9 Å². The van der Waals surface area contributed by atoms with Gasteiger partial charge in [0.05, 0.1) is 19.0 Å². The molecular weight excluding hydrogens is 1010 g/mol. The number of carbonyl (C=O) groups is 5. The number of hydrogen-bond acceptors (Lipinski definition) is 8. The van der Waals surface area contributed by atoms with Gasteiger partial charge in [0, 0.05) is 25.9 Å². The Hall–Kier alpha value is -3.73. The van der Waals surface area contributed by atoms with Crippen molar-refractivity contribution in [3.05, 3.63) is 47.6 Å². The molecule has 9 rings (SSSR count). The van der Waals surface area contributed by atoms with E-state index in [9.17, 15) is 24.0 Å². The average Bonchev–Trinajstić information content (AvgIpc) is 4.35. The lowest BCUT2D eigenvalue weighted by Crippen LogP contribution is -2.51. The van der Waals surface area contributed by atoms with E-state index >= 15 is 0 Å². The maximum absolute atomic E-state index is 13.5. The Labute approximate surface area is 490 Å². The Morgan fingerprint density at radius 3 is 1.43 bits per heavy atom. The molecule has 0 aromatic heterocycles. The largest absolute Gasteiger partial charge is 0.461 e. The Morgan fingerprint density at radius 2 is 1.00 bits per heavy atom. The second-order valence-corrected chi connectivity index (χ2v) is 30.1. The third-order valence-electron chi connectivity index (χ3n) is 24.5. The lowest BCUT2D eigenvalue weighted by atomic mass is 9.47. The molecule has 3 N–H and O–H groups in total. The van der Waals surface area contributed by atoms with Crippen LogP contribution in [-0.4, -0.2) is 86.0 Å². The van der Waals surface area contributed by atoms with Crippen molar-refractivity contribution in [3.8, 4) is 0 Å². The minimum absolute atomic E-state index is 0.140. The molecular formula is C70H110N4O7. The van der Waals surface area contributed by atoms with Gasteiger partial charge in [-0.2, -0.15) is 0 Å². The molecule has 3 amide bonds. The first-order valence-electron chi connectivity index (χ1n) is 33.3. The summed E-state index contributed by atoms with van der Waals surface area (Å²) in [6, 6.07) is 0. The molecule has 11 heteroatoms. The zero-order valence-electron chi connectivity index (χ0n) is 52.2. The Kier molecular flexibility index (Phi) is 20.0. The molecule has 6 saturated carbocycles. The number of nitrogens with one attached hydrogen (secondary N) is 3. The molecule has 452 valence electrons. The van der Waals surface area contributed by atoms with Crippen LogP contribution >= 0.6 is 0 Å². The van der Waals surface area contributed by atoms with E-state index in [1.54, 1.807) is 4.90 Å². The summed E-state index contributed by atoms with van der Waals surface area (Å²) in [7, 11) is 0. The summed E-state index contributed by atoms with van der Waals surface area (Å²) in [5.41, 5.74) is 4.09. The van der Waals surface area contributed by atoms with Crippen LogP contribution in [0.25, 0.3) is 0 Å². The van der Waals surface area contributed by atoms with E-state index in [0.717, 1.165) is 111 Å². The predicted octanol–water partition coefficient (Wildman–Crippen LogP) is 13.3. The maximum Gasteiger partial charge on any atom is 0.325 e. The molecule has 81 heavy (non-hydrogen) atoms. The fourth-order valence-electron chi connectivity index (χ4n) is 20.1. The van der Waals surface area contributed by atoms with E-state index in [1.165, 1.54) is 101 Å². The first-order valence-corrected chi connectivity index (χ1v) is 33.3. The SMILES string of the molecule is CC(C)CCC[C@@H](C)[C@H]1CC[C@H]2[C@@H]3CC=C4C[C@@H](OC(=O)CNC(=O)CN(CCNC(=O)C5C=CC=C5)CC(=O)NCC(=O)O[C@H]5CC[C@@]6(C)C(=CC[C@H]7[C@@H]8CC[C@H]([C@H](C)CCCC(C)C)[C@@]8(C)CC[C@@H]76)C5)CC[C@]4(C)[C@H]3CC[C@]12C. The van der Waals surface area contributed by atoms with Crippen LogP contribution in [0.5, 0.6) is 0 Å². The monoisotopic (exact) mass is 1120 g/mol. The number of amides is 3. The van der Waals surface area contributed by atoms with Crippen LogP contribution in [0.2, 0.25) is 0 Å². The van der Waals surface area contributed by atoms with Gasteiger partial charge in [-0.05, 0) is 183 Å². The van der Waals surface area contributed by atoms with E-state index in [-0.39, 0.29) is 74.1 Å². The highest BCUT2D eigenvalue weighted by Gasteiger charge is 2.61. The van der Waals surface area contributed by atoms with Crippen molar-refractivity contribution in [1.29, 1.82) is 0 Å². The van der Waals surface area contributed by atoms with Gasteiger partial charge in [-0.15, -0.1) is 0 Å². The summed E-state index contributed by atoms with van der Waals surface area (Å²) in [5, 5.41) is 8.41. The molecule has 0 aromatic rings. The zero-order valence-corrected chi connectivity index (χ0v) is 52.2. The third kappa shape index (κ3) is 13.7. The first kappa shape index (κ1) is 61.8. The predicted molar refractivity (Wildman–Crippen MR) is 323 cm³/mol. The molecule has 9 aliphatic rings. The van der Waals surface area contributed by atoms with E-state index in [0.29, 0.717) is 22.7 Å². The van der Waals surface area contributed by atoms with Crippen molar-refractivity contribution >= 4 is 29.7 Å². The van der Waals surface area contributed by atoms with E-state index in [2.05, 4.69) is 97.3 Å². The van der Waals surface area contributed by atoms with Crippen LogP contribution in [0.15, 0.2) is 47.6 Å². The van der Waals surface area contributed by atoms with Gasteiger partial charge >= 0.3 is 11.9 Å². The van der Waals surface area contributed by atoms with Crippen LogP contribution in [0, 0.1) is 98.6 Å². The second kappa shape index (κ2) is 26.3. The molecule has 0 spiro atoms. The number of allylic oxidation sites excluding steroid dienone is 4. The number of esters is 2. The number of fused-ring (bicyclic) bond motifs is 10. The van der Waals surface area contributed by atoms with E-state index in [4.69, 9.17) is 9.47 Å². The molecule has 0 heterocycles. The van der Waals surface area contributed by atoms with Gasteiger partial charge in [-0.25, -0.2) is 0 Å². The molecule has 0 bridgehead atoms. The fourth-order valence-corrected chi connectivity index (χ4v) is 20.1. The van der Waals surface area contributed by atoms with Gasteiger partial charge in [-0.1, -0.05) is 155 Å². The minimum atomic E-state index is -0.463. The maximum atomic E-state index is 13.5. The summed E-state index contributed by atoms with van der Waals surface area (Å²) in [5.74, 6) is 6.90. The van der Waals surface area contributed by atoms with Crippen LogP contribution < -0.4 is 16.0 Å². The number of ether oxygens (including phenoxy) is 2. The van der Waals surface area contributed by atoms with E-state index < -0.39 is 23.8 Å². The standard InChI is InChI=1S/C70H110N4O7/c1-45(2)15-13-17-47(5)56-25-27-58-54-23-21-50-39-52(29-33-67(50,7)60(54)31-35-69(56,58)9)80-64(77)41-72-62(75)43-74(38-37-71-66(79)49-19-11-12-20-49)44-63(76)73-42-65(78)81-53-30-34-68(8)51(40-53)22-24-55-59-28-26-57(48(6)18-14-16-46(3)4)70(59,10)36-32-61(55)68/h11-12,19-22,45-49,52-61H,13-18,23-44H2,1-10H3,(H,71,79)(H,72,75)(H,73,76)/t47-,48-,52+,53+,54+,55+,56-,57-,58+,59+,60+,61+,67+,68+,69-,70-/m1/s1.